The highest BCUT2D eigenvalue weighted by atomic mass is 32.1. The second kappa shape index (κ2) is 5.25. The van der Waals surface area contributed by atoms with Crippen LogP contribution in [0, 0.1) is 5.82 Å². The topological polar surface area (TPSA) is 36.4 Å². The average Bonchev–Trinajstić information content (AvgIpc) is 2.81. The Labute approximate surface area is 103 Å². The number of benzene rings is 1. The fraction of sp³-hybridized carbons (Fsp3) is 0.250. The third kappa shape index (κ3) is 2.62. The summed E-state index contributed by atoms with van der Waals surface area (Å²) in [5.74, 6) is -0.325. The summed E-state index contributed by atoms with van der Waals surface area (Å²) in [6.07, 6.45) is 0. The molecule has 90 valence electrons. The van der Waals surface area contributed by atoms with Gasteiger partial charge in [0.1, 0.15) is 5.82 Å². The first-order valence-corrected chi connectivity index (χ1v) is 6.13. The molecule has 0 aliphatic carbocycles. The predicted molar refractivity (Wildman–Crippen MR) is 66.5 cm³/mol. The smallest absolute Gasteiger partial charge is 0.146 e. The summed E-state index contributed by atoms with van der Waals surface area (Å²) >= 11 is 1.51. The van der Waals surface area contributed by atoms with Crippen LogP contribution in [-0.2, 0) is 13.2 Å². The molecule has 0 spiro atoms. The zero-order valence-corrected chi connectivity index (χ0v) is 10.2. The Kier molecular flexibility index (Phi) is 3.71. The summed E-state index contributed by atoms with van der Waals surface area (Å²) in [5, 5.41) is 11.1. The van der Waals surface area contributed by atoms with Gasteiger partial charge in [0.25, 0.3) is 0 Å². The molecule has 2 rings (SSSR count). The minimum absolute atomic E-state index is 0.172. The van der Waals surface area contributed by atoms with Gasteiger partial charge in [0.05, 0.1) is 30.0 Å². The van der Waals surface area contributed by atoms with E-state index in [1.807, 2.05) is 5.38 Å². The molecule has 0 saturated heterocycles. The van der Waals surface area contributed by atoms with Gasteiger partial charge in [-0.2, -0.15) is 0 Å². The standard InChI is InChI=1S/C12H13FN2OS/c1-15(5-10-7-17-8-14-10)12-9(6-16)3-2-4-11(12)13/h2-4,7-8,16H,5-6H2,1H3. The van der Waals surface area contributed by atoms with E-state index in [9.17, 15) is 9.50 Å². The van der Waals surface area contributed by atoms with Crippen molar-refractivity contribution in [2.75, 3.05) is 11.9 Å². The third-order valence-electron chi connectivity index (χ3n) is 2.51. The van der Waals surface area contributed by atoms with Gasteiger partial charge >= 0.3 is 0 Å². The minimum atomic E-state index is -0.325. The Morgan fingerprint density at radius 1 is 1.47 bits per heavy atom. The number of rotatable bonds is 4. The van der Waals surface area contributed by atoms with Crippen molar-refractivity contribution in [3.8, 4) is 0 Å². The lowest BCUT2D eigenvalue weighted by molar-refractivity contribution is 0.281. The Morgan fingerprint density at radius 2 is 2.29 bits per heavy atom. The molecule has 1 aromatic heterocycles. The van der Waals surface area contributed by atoms with Crippen molar-refractivity contribution in [1.29, 1.82) is 0 Å². The largest absolute Gasteiger partial charge is 0.392 e. The Morgan fingerprint density at radius 3 is 2.94 bits per heavy atom. The number of nitrogens with zero attached hydrogens (tertiary/aromatic N) is 2. The highest BCUT2D eigenvalue weighted by molar-refractivity contribution is 7.07. The Hall–Kier alpha value is -1.46. The summed E-state index contributed by atoms with van der Waals surface area (Å²) in [4.78, 5) is 5.92. The molecule has 0 aliphatic heterocycles. The van der Waals surface area contributed by atoms with Crippen LogP contribution in [0.3, 0.4) is 0 Å². The zero-order valence-electron chi connectivity index (χ0n) is 9.43. The van der Waals surface area contributed by atoms with Crippen molar-refractivity contribution in [1.82, 2.24) is 4.98 Å². The summed E-state index contributed by atoms with van der Waals surface area (Å²) in [6, 6.07) is 4.71. The van der Waals surface area contributed by atoms with E-state index < -0.39 is 0 Å². The molecule has 0 fully saturated rings. The molecular formula is C12H13FN2OS. The van der Waals surface area contributed by atoms with Crippen LogP contribution in [-0.4, -0.2) is 17.1 Å². The number of anilines is 1. The van der Waals surface area contributed by atoms with Crippen LogP contribution < -0.4 is 4.90 Å². The van der Waals surface area contributed by atoms with Crippen molar-refractivity contribution in [2.24, 2.45) is 0 Å². The molecule has 0 amide bonds. The summed E-state index contributed by atoms with van der Waals surface area (Å²) in [7, 11) is 1.79. The van der Waals surface area contributed by atoms with Crippen LogP contribution in [0.4, 0.5) is 10.1 Å². The maximum Gasteiger partial charge on any atom is 0.146 e. The summed E-state index contributed by atoms with van der Waals surface area (Å²) < 4.78 is 13.7. The molecular weight excluding hydrogens is 239 g/mol. The molecule has 0 bridgehead atoms. The second-order valence-electron chi connectivity index (χ2n) is 3.74. The molecule has 1 aromatic carbocycles. The van der Waals surface area contributed by atoms with Crippen LogP contribution >= 0.6 is 11.3 Å². The Bertz CT molecular complexity index is 487. The lowest BCUT2D eigenvalue weighted by Gasteiger charge is -2.21. The molecule has 3 nitrogen and oxygen atoms in total. The lowest BCUT2D eigenvalue weighted by atomic mass is 10.1. The van der Waals surface area contributed by atoms with Gasteiger partial charge in [0, 0.05) is 18.0 Å². The first-order valence-electron chi connectivity index (χ1n) is 5.19. The van der Waals surface area contributed by atoms with Gasteiger partial charge in [0.2, 0.25) is 0 Å². The Balaban J connectivity index is 2.26. The monoisotopic (exact) mass is 252 g/mol. The van der Waals surface area contributed by atoms with Crippen LogP contribution in [0.25, 0.3) is 0 Å². The number of aliphatic hydroxyl groups excluding tert-OH is 1. The van der Waals surface area contributed by atoms with Crippen molar-refractivity contribution in [3.05, 3.63) is 46.2 Å². The van der Waals surface area contributed by atoms with E-state index in [0.29, 0.717) is 17.8 Å². The van der Waals surface area contributed by atoms with Crippen LogP contribution in [0.1, 0.15) is 11.3 Å². The van der Waals surface area contributed by atoms with Gasteiger partial charge in [-0.15, -0.1) is 11.3 Å². The van der Waals surface area contributed by atoms with Gasteiger partial charge in [-0.05, 0) is 6.07 Å². The summed E-state index contributed by atoms with van der Waals surface area (Å²) in [6.45, 7) is 0.353. The number of aromatic nitrogens is 1. The molecule has 1 N–H and O–H groups in total. The molecule has 2 aromatic rings. The highest BCUT2D eigenvalue weighted by Gasteiger charge is 2.13. The first kappa shape index (κ1) is 12.0. The van der Waals surface area contributed by atoms with Crippen LogP contribution in [0.15, 0.2) is 29.1 Å². The normalized spacial score (nSPS) is 10.5. The zero-order chi connectivity index (χ0) is 12.3. The number of aliphatic hydroxyl groups is 1. The van der Waals surface area contributed by atoms with Crippen molar-refractivity contribution in [3.63, 3.8) is 0 Å². The molecule has 0 saturated carbocycles. The SMILES string of the molecule is CN(Cc1cscn1)c1c(F)cccc1CO. The van der Waals surface area contributed by atoms with E-state index in [2.05, 4.69) is 4.98 Å². The van der Waals surface area contributed by atoms with Gasteiger partial charge in [0.15, 0.2) is 0 Å². The third-order valence-corrected chi connectivity index (χ3v) is 3.14. The van der Waals surface area contributed by atoms with Crippen molar-refractivity contribution < 1.29 is 9.50 Å². The summed E-state index contributed by atoms with van der Waals surface area (Å²) in [5.41, 5.74) is 3.66. The number of hydrogen-bond acceptors (Lipinski definition) is 4. The quantitative estimate of drug-likeness (QED) is 0.907. The fourth-order valence-corrected chi connectivity index (χ4v) is 2.30. The average molecular weight is 252 g/mol. The maximum atomic E-state index is 13.7. The van der Waals surface area contributed by atoms with E-state index in [0.717, 1.165) is 5.69 Å². The second-order valence-corrected chi connectivity index (χ2v) is 4.46. The van der Waals surface area contributed by atoms with E-state index in [-0.39, 0.29) is 12.4 Å². The van der Waals surface area contributed by atoms with Gasteiger partial charge in [-0.1, -0.05) is 12.1 Å². The van der Waals surface area contributed by atoms with Crippen molar-refractivity contribution >= 4 is 17.0 Å². The van der Waals surface area contributed by atoms with Crippen molar-refractivity contribution in [2.45, 2.75) is 13.2 Å². The number of thiazole rings is 1. The molecule has 0 unspecified atom stereocenters. The number of para-hydroxylation sites is 1. The van der Waals surface area contributed by atoms with Crippen LogP contribution in [0.2, 0.25) is 0 Å². The van der Waals surface area contributed by atoms with Gasteiger partial charge < -0.3 is 10.0 Å². The van der Waals surface area contributed by atoms with Crippen LogP contribution in [0.5, 0.6) is 0 Å². The highest BCUT2D eigenvalue weighted by Crippen LogP contribution is 2.24. The molecule has 5 heteroatoms. The number of hydrogen-bond donors (Lipinski definition) is 1. The van der Waals surface area contributed by atoms with Gasteiger partial charge in [-0.25, -0.2) is 9.37 Å². The van der Waals surface area contributed by atoms with E-state index in [1.165, 1.54) is 17.4 Å². The molecule has 0 aliphatic rings. The van der Waals surface area contributed by atoms with E-state index in [1.54, 1.807) is 29.6 Å². The first-order chi connectivity index (χ1) is 8.22. The molecule has 0 radical (unpaired) electrons. The van der Waals surface area contributed by atoms with E-state index >= 15 is 0 Å². The van der Waals surface area contributed by atoms with E-state index in [4.69, 9.17) is 0 Å². The minimum Gasteiger partial charge on any atom is -0.392 e. The lowest BCUT2D eigenvalue weighted by Crippen LogP contribution is -2.19. The van der Waals surface area contributed by atoms with Gasteiger partial charge in [-0.3, -0.25) is 0 Å². The molecule has 1 heterocycles. The maximum absolute atomic E-state index is 13.7. The number of halogens is 1. The predicted octanol–water partition coefficient (Wildman–Crippen LogP) is 2.41. The molecule has 0 atom stereocenters. The fourth-order valence-electron chi connectivity index (χ4n) is 1.75. The molecule has 17 heavy (non-hydrogen) atoms.